The zero-order valence-electron chi connectivity index (χ0n) is 8.21. The standard InChI is InChI=1S/C8H9N3O4/c1-9(2)7-4-3-6(10(12)13)5-8(7)11(14)15/h3-5H,1-2H3. The quantitative estimate of drug-likeness (QED) is 0.559. The van der Waals surface area contributed by atoms with Gasteiger partial charge in [-0.25, -0.2) is 0 Å². The number of nitrogens with zero attached hydrogens (tertiary/aromatic N) is 3. The average Bonchev–Trinajstić information content (AvgIpc) is 2.16. The Kier molecular flexibility index (Phi) is 2.84. The molecule has 0 unspecified atom stereocenters. The Labute approximate surface area is 85.2 Å². The molecule has 7 nitrogen and oxygen atoms in total. The van der Waals surface area contributed by atoms with Gasteiger partial charge in [0, 0.05) is 20.2 Å². The summed E-state index contributed by atoms with van der Waals surface area (Å²) in [5.41, 5.74) is -0.216. The van der Waals surface area contributed by atoms with Gasteiger partial charge in [0.1, 0.15) is 5.69 Å². The van der Waals surface area contributed by atoms with Crippen LogP contribution in [-0.2, 0) is 0 Å². The van der Waals surface area contributed by atoms with Crippen LogP contribution in [0.25, 0.3) is 0 Å². The van der Waals surface area contributed by atoms with Crippen molar-refractivity contribution >= 4 is 17.1 Å². The summed E-state index contributed by atoms with van der Waals surface area (Å²) in [7, 11) is 3.27. The summed E-state index contributed by atoms with van der Waals surface area (Å²) in [5, 5.41) is 21.1. The lowest BCUT2D eigenvalue weighted by molar-refractivity contribution is -0.393. The molecule has 0 aliphatic carbocycles. The molecule has 0 atom stereocenters. The van der Waals surface area contributed by atoms with Crippen LogP contribution in [0.2, 0.25) is 0 Å². The number of non-ortho nitro benzene ring substituents is 1. The van der Waals surface area contributed by atoms with Crippen molar-refractivity contribution in [2.75, 3.05) is 19.0 Å². The Balaban J connectivity index is 3.33. The molecule has 15 heavy (non-hydrogen) atoms. The predicted octanol–water partition coefficient (Wildman–Crippen LogP) is 1.57. The van der Waals surface area contributed by atoms with E-state index in [1.54, 1.807) is 14.1 Å². The molecule has 0 saturated heterocycles. The third-order valence-corrected chi connectivity index (χ3v) is 1.85. The molecule has 7 heteroatoms. The fourth-order valence-corrected chi connectivity index (χ4v) is 1.15. The molecule has 1 aromatic rings. The van der Waals surface area contributed by atoms with Crippen LogP contribution in [-0.4, -0.2) is 23.9 Å². The van der Waals surface area contributed by atoms with Crippen molar-refractivity contribution in [1.82, 2.24) is 0 Å². The molecule has 0 aromatic heterocycles. The second kappa shape index (κ2) is 3.91. The molecule has 0 aliphatic heterocycles. The molecule has 1 aromatic carbocycles. The summed E-state index contributed by atoms with van der Waals surface area (Å²) >= 11 is 0. The Morgan fingerprint density at radius 2 is 1.73 bits per heavy atom. The Morgan fingerprint density at radius 3 is 2.13 bits per heavy atom. The van der Waals surface area contributed by atoms with Gasteiger partial charge in [-0.3, -0.25) is 20.2 Å². The SMILES string of the molecule is CN(C)c1ccc([N+](=O)[O-])cc1[N+](=O)[O-]. The number of hydrogen-bond donors (Lipinski definition) is 0. The first kappa shape index (κ1) is 10.9. The summed E-state index contributed by atoms with van der Waals surface area (Å²) in [5.74, 6) is 0. The van der Waals surface area contributed by atoms with Crippen LogP contribution in [0.1, 0.15) is 0 Å². The zero-order chi connectivity index (χ0) is 11.6. The maximum Gasteiger partial charge on any atom is 0.299 e. The first-order valence-corrected chi connectivity index (χ1v) is 4.03. The normalized spacial score (nSPS) is 9.73. The molecule has 0 aliphatic rings. The number of anilines is 1. The van der Waals surface area contributed by atoms with E-state index in [4.69, 9.17) is 0 Å². The largest absolute Gasteiger partial charge is 0.372 e. The number of nitro benzene ring substituents is 2. The van der Waals surface area contributed by atoms with Crippen molar-refractivity contribution in [1.29, 1.82) is 0 Å². The number of rotatable bonds is 3. The molecule has 0 bridgehead atoms. The topological polar surface area (TPSA) is 89.5 Å². The molecular formula is C8H9N3O4. The highest BCUT2D eigenvalue weighted by molar-refractivity contribution is 5.66. The monoisotopic (exact) mass is 211 g/mol. The van der Waals surface area contributed by atoms with Crippen LogP contribution in [0, 0.1) is 20.2 Å². The second-order valence-corrected chi connectivity index (χ2v) is 3.08. The smallest absolute Gasteiger partial charge is 0.299 e. The summed E-state index contributed by atoms with van der Waals surface area (Å²) in [6.45, 7) is 0. The molecule has 1 rings (SSSR count). The lowest BCUT2D eigenvalue weighted by atomic mass is 10.2. The van der Waals surface area contributed by atoms with Gasteiger partial charge in [-0.2, -0.15) is 0 Å². The van der Waals surface area contributed by atoms with Crippen LogP contribution in [0.4, 0.5) is 17.1 Å². The van der Waals surface area contributed by atoms with Crippen LogP contribution in [0.5, 0.6) is 0 Å². The van der Waals surface area contributed by atoms with Gasteiger partial charge >= 0.3 is 0 Å². The summed E-state index contributed by atoms with van der Waals surface area (Å²) < 4.78 is 0. The van der Waals surface area contributed by atoms with Crippen molar-refractivity contribution in [3.8, 4) is 0 Å². The third kappa shape index (κ3) is 2.19. The van der Waals surface area contributed by atoms with Gasteiger partial charge < -0.3 is 4.90 Å². The summed E-state index contributed by atoms with van der Waals surface area (Å²) in [4.78, 5) is 21.3. The summed E-state index contributed by atoms with van der Waals surface area (Å²) in [6, 6.07) is 3.55. The molecule has 0 spiro atoms. The van der Waals surface area contributed by atoms with Gasteiger partial charge in [0.05, 0.1) is 15.9 Å². The highest BCUT2D eigenvalue weighted by atomic mass is 16.6. The molecule has 0 N–H and O–H groups in total. The Morgan fingerprint density at radius 1 is 1.13 bits per heavy atom. The van der Waals surface area contributed by atoms with E-state index >= 15 is 0 Å². The van der Waals surface area contributed by atoms with E-state index in [0.29, 0.717) is 5.69 Å². The van der Waals surface area contributed by atoms with E-state index in [-0.39, 0.29) is 11.4 Å². The van der Waals surface area contributed by atoms with Gasteiger partial charge in [0.25, 0.3) is 11.4 Å². The van der Waals surface area contributed by atoms with Gasteiger partial charge in [0.15, 0.2) is 0 Å². The van der Waals surface area contributed by atoms with E-state index in [2.05, 4.69) is 0 Å². The number of hydrogen-bond acceptors (Lipinski definition) is 5. The first-order valence-electron chi connectivity index (χ1n) is 4.03. The third-order valence-electron chi connectivity index (χ3n) is 1.85. The first-order chi connectivity index (χ1) is 6.93. The molecule has 80 valence electrons. The number of benzene rings is 1. The highest BCUT2D eigenvalue weighted by Gasteiger charge is 2.20. The molecule has 0 amide bonds. The zero-order valence-corrected chi connectivity index (χ0v) is 8.21. The van der Waals surface area contributed by atoms with Crippen molar-refractivity contribution in [3.05, 3.63) is 38.4 Å². The van der Waals surface area contributed by atoms with Gasteiger partial charge in [-0.15, -0.1) is 0 Å². The van der Waals surface area contributed by atoms with Crippen molar-refractivity contribution in [2.45, 2.75) is 0 Å². The molecule has 0 radical (unpaired) electrons. The van der Waals surface area contributed by atoms with Crippen LogP contribution in [0.3, 0.4) is 0 Å². The maximum atomic E-state index is 10.7. The van der Waals surface area contributed by atoms with E-state index < -0.39 is 9.85 Å². The fraction of sp³-hybridized carbons (Fsp3) is 0.250. The Hall–Kier alpha value is -2.18. The minimum Gasteiger partial charge on any atom is -0.372 e. The minimum atomic E-state index is -0.660. The fourth-order valence-electron chi connectivity index (χ4n) is 1.15. The maximum absolute atomic E-state index is 10.7. The van der Waals surface area contributed by atoms with Gasteiger partial charge in [0.2, 0.25) is 0 Å². The number of nitro groups is 2. The van der Waals surface area contributed by atoms with Crippen molar-refractivity contribution in [2.24, 2.45) is 0 Å². The second-order valence-electron chi connectivity index (χ2n) is 3.08. The van der Waals surface area contributed by atoms with Gasteiger partial charge in [-0.05, 0) is 6.07 Å². The van der Waals surface area contributed by atoms with Crippen LogP contribution in [0.15, 0.2) is 18.2 Å². The molecule has 0 fully saturated rings. The van der Waals surface area contributed by atoms with E-state index in [1.807, 2.05) is 0 Å². The van der Waals surface area contributed by atoms with Gasteiger partial charge in [-0.1, -0.05) is 0 Å². The molecule has 0 heterocycles. The van der Waals surface area contributed by atoms with E-state index in [1.165, 1.54) is 17.0 Å². The molecular weight excluding hydrogens is 202 g/mol. The highest BCUT2D eigenvalue weighted by Crippen LogP contribution is 2.30. The van der Waals surface area contributed by atoms with E-state index in [9.17, 15) is 20.2 Å². The Bertz CT molecular complexity index is 416. The van der Waals surface area contributed by atoms with E-state index in [0.717, 1.165) is 6.07 Å². The lowest BCUT2D eigenvalue weighted by Gasteiger charge is -2.11. The summed E-state index contributed by atoms with van der Waals surface area (Å²) in [6.07, 6.45) is 0. The lowest BCUT2D eigenvalue weighted by Crippen LogP contribution is -2.11. The van der Waals surface area contributed by atoms with Crippen LogP contribution >= 0.6 is 0 Å². The minimum absolute atomic E-state index is 0.269. The predicted molar refractivity (Wildman–Crippen MR) is 54.1 cm³/mol. The van der Waals surface area contributed by atoms with Crippen molar-refractivity contribution < 1.29 is 9.85 Å². The van der Waals surface area contributed by atoms with Crippen molar-refractivity contribution in [3.63, 3.8) is 0 Å². The average molecular weight is 211 g/mol. The van der Waals surface area contributed by atoms with Crippen LogP contribution < -0.4 is 4.90 Å². The molecule has 0 saturated carbocycles.